The fourth-order valence-corrected chi connectivity index (χ4v) is 1.68. The Kier molecular flexibility index (Phi) is 2.41. The van der Waals surface area contributed by atoms with Crippen LogP contribution in [0.25, 0.3) is 0 Å². The number of rotatable bonds is 3. The van der Waals surface area contributed by atoms with E-state index in [0.717, 1.165) is 18.3 Å². The number of carbonyl (C=O) groups excluding carboxylic acids is 1. The largest absolute Gasteiger partial charge is 0.298 e. The van der Waals surface area contributed by atoms with Crippen LogP contribution in [0.4, 0.5) is 0 Å². The molecule has 12 heavy (non-hydrogen) atoms. The summed E-state index contributed by atoms with van der Waals surface area (Å²) in [4.78, 5) is 10.8. The summed E-state index contributed by atoms with van der Waals surface area (Å²) in [6.45, 7) is 8.63. The van der Waals surface area contributed by atoms with Crippen LogP contribution in [0, 0.1) is 11.3 Å². The molecule has 1 saturated carbocycles. The molecule has 1 unspecified atom stereocenters. The van der Waals surface area contributed by atoms with Crippen LogP contribution >= 0.6 is 0 Å². The van der Waals surface area contributed by atoms with Crippen molar-refractivity contribution in [1.29, 1.82) is 0 Å². The molecule has 68 valence electrons. The molecule has 1 fully saturated rings. The number of hydrogen-bond donors (Lipinski definition) is 0. The molecule has 1 atom stereocenters. The smallest absolute Gasteiger partial charge is 0.146 e. The average molecular weight is 166 g/mol. The van der Waals surface area contributed by atoms with Crippen molar-refractivity contribution >= 4 is 6.29 Å². The van der Waals surface area contributed by atoms with Crippen molar-refractivity contribution in [1.82, 2.24) is 0 Å². The quantitative estimate of drug-likeness (QED) is 0.465. The number of carbonyl (C=O) groups is 1. The maximum atomic E-state index is 10.8. The molecule has 0 bridgehead atoms. The normalized spacial score (nSPS) is 27.8. The molecule has 1 rings (SSSR count). The SMILES string of the molecule is CCC(C)=C(C=O)C1CC1(C)C. The average Bonchev–Trinajstić information content (AvgIpc) is 2.61. The molecular formula is C11H18O. The van der Waals surface area contributed by atoms with Crippen LogP contribution in [0.1, 0.15) is 40.5 Å². The first-order valence-electron chi connectivity index (χ1n) is 4.67. The second kappa shape index (κ2) is 3.04. The monoisotopic (exact) mass is 166 g/mol. The molecule has 0 aromatic heterocycles. The highest BCUT2D eigenvalue weighted by atomic mass is 16.1. The van der Waals surface area contributed by atoms with Crippen molar-refractivity contribution in [3.63, 3.8) is 0 Å². The van der Waals surface area contributed by atoms with E-state index < -0.39 is 0 Å². The third-order valence-corrected chi connectivity index (χ3v) is 3.04. The van der Waals surface area contributed by atoms with Gasteiger partial charge < -0.3 is 0 Å². The molecule has 1 nitrogen and oxygen atoms in total. The van der Waals surface area contributed by atoms with Gasteiger partial charge in [0, 0.05) is 0 Å². The van der Waals surface area contributed by atoms with Crippen LogP contribution in [0.15, 0.2) is 11.1 Å². The van der Waals surface area contributed by atoms with E-state index in [1.54, 1.807) is 0 Å². The highest BCUT2D eigenvalue weighted by Crippen LogP contribution is 2.55. The summed E-state index contributed by atoms with van der Waals surface area (Å²) in [6, 6.07) is 0. The van der Waals surface area contributed by atoms with Crippen molar-refractivity contribution < 1.29 is 4.79 Å². The zero-order chi connectivity index (χ0) is 9.35. The van der Waals surface area contributed by atoms with E-state index in [0.29, 0.717) is 11.3 Å². The summed E-state index contributed by atoms with van der Waals surface area (Å²) in [5.41, 5.74) is 2.70. The van der Waals surface area contributed by atoms with Gasteiger partial charge in [-0.25, -0.2) is 0 Å². The van der Waals surface area contributed by atoms with Crippen molar-refractivity contribution in [2.75, 3.05) is 0 Å². The molecular weight excluding hydrogens is 148 g/mol. The Morgan fingerprint density at radius 3 is 2.33 bits per heavy atom. The molecule has 0 aromatic rings. The molecule has 1 heteroatoms. The van der Waals surface area contributed by atoms with Gasteiger partial charge in [-0.3, -0.25) is 4.79 Å². The first kappa shape index (κ1) is 9.50. The molecule has 0 amide bonds. The van der Waals surface area contributed by atoms with E-state index in [1.165, 1.54) is 12.0 Å². The molecule has 1 aliphatic rings. The summed E-state index contributed by atoms with van der Waals surface area (Å²) in [5.74, 6) is 0.537. The van der Waals surface area contributed by atoms with Crippen LogP contribution < -0.4 is 0 Å². The predicted octanol–water partition coefficient (Wildman–Crippen LogP) is 2.96. The lowest BCUT2D eigenvalue weighted by molar-refractivity contribution is -0.105. The van der Waals surface area contributed by atoms with E-state index in [-0.39, 0.29) is 0 Å². The molecule has 0 heterocycles. The van der Waals surface area contributed by atoms with Gasteiger partial charge in [0.1, 0.15) is 6.29 Å². The van der Waals surface area contributed by atoms with Gasteiger partial charge in [-0.2, -0.15) is 0 Å². The van der Waals surface area contributed by atoms with Gasteiger partial charge in [-0.1, -0.05) is 26.3 Å². The van der Waals surface area contributed by atoms with Crippen molar-refractivity contribution in [2.45, 2.75) is 40.5 Å². The van der Waals surface area contributed by atoms with Crippen LogP contribution in [-0.2, 0) is 4.79 Å². The Bertz CT molecular complexity index is 223. The molecule has 0 aromatic carbocycles. The van der Waals surface area contributed by atoms with Crippen LogP contribution in [0.5, 0.6) is 0 Å². The number of hydrogen-bond acceptors (Lipinski definition) is 1. The van der Waals surface area contributed by atoms with Gasteiger partial charge >= 0.3 is 0 Å². The maximum Gasteiger partial charge on any atom is 0.146 e. The van der Waals surface area contributed by atoms with Gasteiger partial charge in [-0.15, -0.1) is 0 Å². The lowest BCUT2D eigenvalue weighted by Gasteiger charge is -2.06. The van der Waals surface area contributed by atoms with Crippen molar-refractivity contribution in [2.24, 2.45) is 11.3 Å². The summed E-state index contributed by atoms with van der Waals surface area (Å²) >= 11 is 0. The minimum absolute atomic E-state index is 0.382. The number of allylic oxidation sites excluding steroid dienone is 2. The van der Waals surface area contributed by atoms with Gasteiger partial charge in [-0.05, 0) is 36.7 Å². The van der Waals surface area contributed by atoms with Gasteiger partial charge in [0.2, 0.25) is 0 Å². The fraction of sp³-hybridized carbons (Fsp3) is 0.727. The zero-order valence-electron chi connectivity index (χ0n) is 8.48. The first-order chi connectivity index (χ1) is 5.53. The third kappa shape index (κ3) is 1.60. The summed E-state index contributed by atoms with van der Waals surface area (Å²) < 4.78 is 0. The molecule has 1 aliphatic carbocycles. The fourth-order valence-electron chi connectivity index (χ4n) is 1.68. The highest BCUT2D eigenvalue weighted by Gasteiger charge is 2.47. The lowest BCUT2D eigenvalue weighted by atomic mass is 9.99. The standard InChI is InChI=1S/C11H18O/c1-5-8(2)9(7-12)10-6-11(10,3)4/h7,10H,5-6H2,1-4H3. The molecule has 0 saturated heterocycles. The molecule has 0 radical (unpaired) electrons. The van der Waals surface area contributed by atoms with Crippen LogP contribution in [0.2, 0.25) is 0 Å². The third-order valence-electron chi connectivity index (χ3n) is 3.04. The lowest BCUT2D eigenvalue weighted by Crippen LogP contribution is -1.98. The van der Waals surface area contributed by atoms with E-state index in [1.807, 2.05) is 0 Å². The highest BCUT2D eigenvalue weighted by molar-refractivity contribution is 5.76. The van der Waals surface area contributed by atoms with E-state index >= 15 is 0 Å². The minimum atomic E-state index is 0.382. The second-order valence-electron chi connectivity index (χ2n) is 4.45. The Balaban J connectivity index is 2.79. The zero-order valence-corrected chi connectivity index (χ0v) is 8.48. The first-order valence-corrected chi connectivity index (χ1v) is 4.67. The van der Waals surface area contributed by atoms with Crippen molar-refractivity contribution in [3.8, 4) is 0 Å². The Hall–Kier alpha value is -0.590. The molecule has 0 N–H and O–H groups in total. The van der Waals surface area contributed by atoms with Gasteiger partial charge in [0.25, 0.3) is 0 Å². The summed E-state index contributed by atoms with van der Waals surface area (Å²) in [6.07, 6.45) is 3.23. The van der Waals surface area contributed by atoms with E-state index in [9.17, 15) is 4.79 Å². The summed E-state index contributed by atoms with van der Waals surface area (Å²) in [5, 5.41) is 0. The molecule has 0 spiro atoms. The molecule has 0 aliphatic heterocycles. The predicted molar refractivity (Wildman–Crippen MR) is 50.9 cm³/mol. The van der Waals surface area contributed by atoms with Crippen LogP contribution in [0.3, 0.4) is 0 Å². The van der Waals surface area contributed by atoms with E-state index in [4.69, 9.17) is 0 Å². The number of aldehydes is 1. The Labute approximate surface area is 74.9 Å². The Morgan fingerprint density at radius 1 is 1.58 bits per heavy atom. The van der Waals surface area contributed by atoms with Crippen molar-refractivity contribution in [3.05, 3.63) is 11.1 Å². The van der Waals surface area contributed by atoms with Crippen LogP contribution in [-0.4, -0.2) is 6.29 Å². The summed E-state index contributed by atoms with van der Waals surface area (Å²) in [7, 11) is 0. The van der Waals surface area contributed by atoms with E-state index in [2.05, 4.69) is 27.7 Å². The van der Waals surface area contributed by atoms with Gasteiger partial charge in [0.15, 0.2) is 0 Å². The minimum Gasteiger partial charge on any atom is -0.298 e. The second-order valence-corrected chi connectivity index (χ2v) is 4.45. The maximum absolute atomic E-state index is 10.8. The Morgan fingerprint density at radius 2 is 2.08 bits per heavy atom. The topological polar surface area (TPSA) is 17.1 Å². The van der Waals surface area contributed by atoms with Gasteiger partial charge in [0.05, 0.1) is 0 Å².